The first kappa shape index (κ1) is 15.0. The van der Waals surface area contributed by atoms with E-state index in [4.69, 9.17) is 4.74 Å². The van der Waals surface area contributed by atoms with Crippen LogP contribution in [-0.4, -0.2) is 30.7 Å². The summed E-state index contributed by atoms with van der Waals surface area (Å²) in [5, 5.41) is 0. The van der Waals surface area contributed by atoms with Crippen molar-refractivity contribution in [2.75, 3.05) is 19.7 Å². The third-order valence-electron chi connectivity index (χ3n) is 2.23. The van der Waals surface area contributed by atoms with Crippen molar-refractivity contribution in [2.24, 2.45) is 0 Å². The van der Waals surface area contributed by atoms with E-state index in [0.717, 1.165) is 32.4 Å². The van der Waals surface area contributed by atoms with Gasteiger partial charge in [-0.1, -0.05) is 25.8 Å². The van der Waals surface area contributed by atoms with Crippen molar-refractivity contribution in [3.05, 3.63) is 11.6 Å². The maximum absolute atomic E-state index is 11.7. The molecule has 3 nitrogen and oxygen atoms in total. The molecule has 0 rings (SSSR count). The number of rotatable bonds is 7. The third kappa shape index (κ3) is 7.32. The van der Waals surface area contributed by atoms with Gasteiger partial charge in [0.25, 0.3) is 0 Å². The van der Waals surface area contributed by atoms with E-state index in [1.165, 1.54) is 5.57 Å². The second-order valence-electron chi connectivity index (χ2n) is 4.20. The van der Waals surface area contributed by atoms with Gasteiger partial charge in [0.2, 0.25) is 0 Å². The van der Waals surface area contributed by atoms with E-state index in [-0.39, 0.29) is 6.09 Å². The van der Waals surface area contributed by atoms with Crippen LogP contribution in [0.1, 0.15) is 47.0 Å². The first-order chi connectivity index (χ1) is 7.61. The van der Waals surface area contributed by atoms with Gasteiger partial charge in [-0.3, -0.25) is 0 Å². The van der Waals surface area contributed by atoms with Gasteiger partial charge in [0.1, 0.15) is 6.61 Å². The van der Waals surface area contributed by atoms with Gasteiger partial charge in [0.05, 0.1) is 0 Å². The number of hydrogen-bond donors (Lipinski definition) is 0. The molecule has 0 heterocycles. The second-order valence-corrected chi connectivity index (χ2v) is 4.20. The van der Waals surface area contributed by atoms with Crippen molar-refractivity contribution in [3.8, 4) is 0 Å². The van der Waals surface area contributed by atoms with Gasteiger partial charge in [-0.15, -0.1) is 0 Å². The van der Waals surface area contributed by atoms with E-state index in [0.29, 0.717) is 6.61 Å². The molecule has 0 atom stereocenters. The number of unbranched alkanes of at least 4 members (excludes halogenated alkanes) is 1. The summed E-state index contributed by atoms with van der Waals surface area (Å²) >= 11 is 0. The Balaban J connectivity index is 4.00. The highest BCUT2D eigenvalue weighted by Crippen LogP contribution is 2.01. The fourth-order valence-electron chi connectivity index (χ4n) is 1.28. The van der Waals surface area contributed by atoms with Gasteiger partial charge >= 0.3 is 6.09 Å². The van der Waals surface area contributed by atoms with Crippen molar-refractivity contribution in [3.63, 3.8) is 0 Å². The summed E-state index contributed by atoms with van der Waals surface area (Å²) in [7, 11) is 0. The summed E-state index contributed by atoms with van der Waals surface area (Å²) in [6.07, 6.45) is 4.84. The highest BCUT2D eigenvalue weighted by Gasteiger charge is 2.12. The Hall–Kier alpha value is -0.990. The normalized spacial score (nSPS) is 9.75. The first-order valence-corrected chi connectivity index (χ1v) is 6.16. The van der Waals surface area contributed by atoms with E-state index in [9.17, 15) is 4.79 Å². The molecule has 94 valence electrons. The monoisotopic (exact) mass is 227 g/mol. The number of amides is 1. The predicted octanol–water partition coefficient (Wildman–Crippen LogP) is 3.60. The largest absolute Gasteiger partial charge is 0.445 e. The molecule has 0 aromatic carbocycles. The average Bonchev–Trinajstić information content (AvgIpc) is 2.23. The molecule has 0 saturated heterocycles. The Bertz CT molecular complexity index is 220. The maximum atomic E-state index is 11.7. The van der Waals surface area contributed by atoms with E-state index in [2.05, 4.69) is 13.8 Å². The molecular formula is C13H25NO2. The van der Waals surface area contributed by atoms with E-state index in [1.807, 2.05) is 19.9 Å². The summed E-state index contributed by atoms with van der Waals surface area (Å²) < 4.78 is 5.18. The van der Waals surface area contributed by atoms with E-state index in [1.54, 1.807) is 4.90 Å². The van der Waals surface area contributed by atoms with Crippen LogP contribution >= 0.6 is 0 Å². The van der Waals surface area contributed by atoms with Gasteiger partial charge in [-0.2, -0.15) is 0 Å². The predicted molar refractivity (Wildman–Crippen MR) is 67.6 cm³/mol. The molecule has 0 unspecified atom stereocenters. The lowest BCUT2D eigenvalue weighted by atomic mass is 10.3. The summed E-state index contributed by atoms with van der Waals surface area (Å²) in [5.41, 5.74) is 1.17. The Kier molecular flexibility index (Phi) is 8.68. The minimum absolute atomic E-state index is 0.187. The molecule has 0 aromatic rings. The summed E-state index contributed by atoms with van der Waals surface area (Å²) in [6.45, 7) is 10.2. The molecule has 0 aliphatic carbocycles. The molecule has 0 fully saturated rings. The summed E-state index contributed by atoms with van der Waals surface area (Å²) in [6, 6.07) is 0. The number of carbonyl (C=O) groups excluding carboxylic acids is 1. The van der Waals surface area contributed by atoms with Crippen LogP contribution in [-0.2, 0) is 4.74 Å². The lowest BCUT2D eigenvalue weighted by Crippen LogP contribution is -2.33. The zero-order valence-electron chi connectivity index (χ0n) is 11.1. The number of hydrogen-bond acceptors (Lipinski definition) is 2. The molecule has 0 spiro atoms. The number of allylic oxidation sites excluding steroid dienone is 1. The molecule has 1 amide bonds. The average molecular weight is 227 g/mol. The first-order valence-electron chi connectivity index (χ1n) is 6.16. The van der Waals surface area contributed by atoms with Crippen molar-refractivity contribution in [2.45, 2.75) is 47.0 Å². The topological polar surface area (TPSA) is 29.5 Å². The van der Waals surface area contributed by atoms with Crippen molar-refractivity contribution in [1.82, 2.24) is 4.90 Å². The van der Waals surface area contributed by atoms with E-state index < -0.39 is 0 Å². The zero-order valence-corrected chi connectivity index (χ0v) is 11.1. The minimum atomic E-state index is -0.187. The molecule has 0 bridgehead atoms. The molecule has 0 aliphatic rings. The van der Waals surface area contributed by atoms with Crippen LogP contribution in [0.4, 0.5) is 4.79 Å². The summed E-state index contributed by atoms with van der Waals surface area (Å²) in [4.78, 5) is 13.5. The number of carbonyl (C=O) groups is 1. The van der Waals surface area contributed by atoms with Crippen LogP contribution in [0.3, 0.4) is 0 Å². The molecule has 3 heteroatoms. The quantitative estimate of drug-likeness (QED) is 0.622. The van der Waals surface area contributed by atoms with Crippen LogP contribution in [0.5, 0.6) is 0 Å². The molecular weight excluding hydrogens is 202 g/mol. The molecule has 0 aliphatic heterocycles. The molecule has 0 saturated carbocycles. The SMILES string of the molecule is CCCCN(CCC)C(=O)OCC=C(C)C. The molecule has 0 radical (unpaired) electrons. The van der Waals surface area contributed by atoms with Gasteiger partial charge in [0, 0.05) is 13.1 Å². The van der Waals surface area contributed by atoms with Gasteiger partial charge in [-0.05, 0) is 32.8 Å². The molecule has 0 N–H and O–H groups in total. The van der Waals surface area contributed by atoms with E-state index >= 15 is 0 Å². The Labute approximate surface area is 99.5 Å². The van der Waals surface area contributed by atoms with Crippen LogP contribution < -0.4 is 0 Å². The lowest BCUT2D eigenvalue weighted by molar-refractivity contribution is 0.111. The highest BCUT2D eigenvalue weighted by molar-refractivity contribution is 5.67. The Morgan fingerprint density at radius 3 is 2.38 bits per heavy atom. The van der Waals surface area contributed by atoms with Crippen LogP contribution in [0.25, 0.3) is 0 Å². The summed E-state index contributed by atoms with van der Waals surface area (Å²) in [5.74, 6) is 0. The zero-order chi connectivity index (χ0) is 12.4. The maximum Gasteiger partial charge on any atom is 0.410 e. The third-order valence-corrected chi connectivity index (χ3v) is 2.23. The molecule has 16 heavy (non-hydrogen) atoms. The fraction of sp³-hybridized carbons (Fsp3) is 0.769. The van der Waals surface area contributed by atoms with Gasteiger partial charge in [0.15, 0.2) is 0 Å². The Morgan fingerprint density at radius 2 is 1.88 bits per heavy atom. The Morgan fingerprint density at radius 1 is 1.19 bits per heavy atom. The standard InChI is InChI=1S/C13H25NO2/c1-5-7-10-14(9-6-2)13(15)16-11-8-12(3)4/h8H,5-7,9-11H2,1-4H3. The highest BCUT2D eigenvalue weighted by atomic mass is 16.6. The lowest BCUT2D eigenvalue weighted by Gasteiger charge is -2.20. The van der Waals surface area contributed by atoms with Crippen molar-refractivity contribution in [1.29, 1.82) is 0 Å². The second kappa shape index (κ2) is 9.25. The van der Waals surface area contributed by atoms with Crippen LogP contribution in [0, 0.1) is 0 Å². The fourth-order valence-corrected chi connectivity index (χ4v) is 1.28. The van der Waals surface area contributed by atoms with Gasteiger partial charge in [-0.25, -0.2) is 4.79 Å². The van der Waals surface area contributed by atoms with Crippen molar-refractivity contribution >= 4 is 6.09 Å². The van der Waals surface area contributed by atoms with Gasteiger partial charge < -0.3 is 9.64 Å². The number of nitrogens with zero attached hydrogens (tertiary/aromatic N) is 1. The minimum Gasteiger partial charge on any atom is -0.445 e. The van der Waals surface area contributed by atoms with Crippen molar-refractivity contribution < 1.29 is 9.53 Å². The molecule has 0 aromatic heterocycles. The number of ether oxygens (including phenoxy) is 1. The van der Waals surface area contributed by atoms with Crippen LogP contribution in [0.15, 0.2) is 11.6 Å². The smallest absolute Gasteiger partial charge is 0.410 e. The van der Waals surface area contributed by atoms with Crippen LogP contribution in [0.2, 0.25) is 0 Å².